The van der Waals surface area contributed by atoms with E-state index in [0.29, 0.717) is 6.61 Å². The molecule has 0 atom stereocenters. The summed E-state index contributed by atoms with van der Waals surface area (Å²) in [5.74, 6) is 0.493. The number of rotatable bonds is 7. The smallest absolute Gasteiger partial charge is 0.330 e. The normalized spacial score (nSPS) is 19.4. The standard InChI is InChI=1S/C19H34O2/c1-4-18(20)21-16-19(15-11-12-17(2)3)13-9-7-5-6-8-10-14-19/h4,17H,1,5-16H2,2-3H3. The number of carbonyl (C=O) groups excluding carboxylic acids is 1. The van der Waals surface area contributed by atoms with Gasteiger partial charge in [-0.1, -0.05) is 71.8 Å². The molecule has 1 aliphatic carbocycles. The second-order valence-electron chi connectivity index (χ2n) is 7.22. The van der Waals surface area contributed by atoms with Crippen molar-refractivity contribution < 1.29 is 9.53 Å². The lowest BCUT2D eigenvalue weighted by atomic mass is 9.75. The van der Waals surface area contributed by atoms with Gasteiger partial charge >= 0.3 is 5.97 Å². The molecule has 0 aromatic rings. The minimum absolute atomic E-state index is 0.220. The summed E-state index contributed by atoms with van der Waals surface area (Å²) in [6.07, 6.45) is 15.4. The Hall–Kier alpha value is -0.790. The van der Waals surface area contributed by atoms with Crippen LogP contribution in [0.3, 0.4) is 0 Å². The Morgan fingerprint density at radius 1 is 1.14 bits per heavy atom. The summed E-state index contributed by atoms with van der Waals surface area (Å²) in [6.45, 7) is 8.67. The van der Waals surface area contributed by atoms with Crippen LogP contribution in [0.5, 0.6) is 0 Å². The van der Waals surface area contributed by atoms with Crippen LogP contribution in [-0.2, 0) is 9.53 Å². The lowest BCUT2D eigenvalue weighted by molar-refractivity contribution is -0.142. The van der Waals surface area contributed by atoms with Crippen molar-refractivity contribution in [1.82, 2.24) is 0 Å². The van der Waals surface area contributed by atoms with E-state index in [9.17, 15) is 4.79 Å². The quantitative estimate of drug-likeness (QED) is 0.447. The van der Waals surface area contributed by atoms with Crippen LogP contribution in [0.4, 0.5) is 0 Å². The van der Waals surface area contributed by atoms with Crippen LogP contribution in [0.25, 0.3) is 0 Å². The first kappa shape index (κ1) is 18.3. The summed E-state index contributed by atoms with van der Waals surface area (Å²) < 4.78 is 5.47. The van der Waals surface area contributed by atoms with Crippen LogP contribution in [0, 0.1) is 11.3 Å². The van der Waals surface area contributed by atoms with Gasteiger partial charge in [-0.25, -0.2) is 4.79 Å². The highest BCUT2D eigenvalue weighted by molar-refractivity contribution is 5.81. The summed E-state index contributed by atoms with van der Waals surface area (Å²) in [6, 6.07) is 0. The maximum Gasteiger partial charge on any atom is 0.330 e. The zero-order valence-electron chi connectivity index (χ0n) is 14.2. The molecule has 2 heteroatoms. The number of hydrogen-bond acceptors (Lipinski definition) is 2. The van der Waals surface area contributed by atoms with Crippen molar-refractivity contribution in [2.45, 2.75) is 84.5 Å². The lowest BCUT2D eigenvalue weighted by Gasteiger charge is -2.33. The van der Waals surface area contributed by atoms with Crippen LogP contribution in [0.15, 0.2) is 12.7 Å². The fourth-order valence-electron chi connectivity index (χ4n) is 3.47. The van der Waals surface area contributed by atoms with Crippen molar-refractivity contribution in [2.75, 3.05) is 6.61 Å². The Morgan fingerprint density at radius 3 is 2.24 bits per heavy atom. The van der Waals surface area contributed by atoms with E-state index < -0.39 is 0 Å². The minimum Gasteiger partial charge on any atom is -0.462 e. The molecular weight excluding hydrogens is 260 g/mol. The molecule has 0 aliphatic heterocycles. The van der Waals surface area contributed by atoms with Crippen LogP contribution >= 0.6 is 0 Å². The fourth-order valence-corrected chi connectivity index (χ4v) is 3.47. The van der Waals surface area contributed by atoms with Crippen molar-refractivity contribution in [3.05, 3.63) is 12.7 Å². The maximum absolute atomic E-state index is 11.5. The molecule has 1 aliphatic rings. The Bertz CT molecular complexity index is 297. The van der Waals surface area contributed by atoms with Gasteiger partial charge in [0.1, 0.15) is 0 Å². The fraction of sp³-hybridized carbons (Fsp3) is 0.842. The van der Waals surface area contributed by atoms with Crippen LogP contribution in [0.1, 0.15) is 84.5 Å². The molecule has 1 rings (SSSR count). The molecule has 0 N–H and O–H groups in total. The summed E-state index contributed by atoms with van der Waals surface area (Å²) in [5.41, 5.74) is 0.220. The van der Waals surface area contributed by atoms with Gasteiger partial charge < -0.3 is 4.74 Å². The van der Waals surface area contributed by atoms with Crippen molar-refractivity contribution in [2.24, 2.45) is 11.3 Å². The van der Waals surface area contributed by atoms with Crippen molar-refractivity contribution >= 4 is 5.97 Å². The van der Waals surface area contributed by atoms with Gasteiger partial charge in [-0.05, 0) is 25.2 Å². The summed E-state index contributed by atoms with van der Waals surface area (Å²) in [5, 5.41) is 0. The van der Waals surface area contributed by atoms with E-state index in [1.54, 1.807) is 0 Å². The molecule has 1 fully saturated rings. The second kappa shape index (κ2) is 10.0. The first-order valence-corrected chi connectivity index (χ1v) is 8.87. The third-order valence-electron chi connectivity index (χ3n) is 4.84. The molecule has 0 saturated heterocycles. The van der Waals surface area contributed by atoms with E-state index in [2.05, 4.69) is 20.4 Å². The van der Waals surface area contributed by atoms with Crippen LogP contribution in [-0.4, -0.2) is 12.6 Å². The highest BCUT2D eigenvalue weighted by Gasteiger charge is 2.31. The predicted molar refractivity (Wildman–Crippen MR) is 89.2 cm³/mol. The van der Waals surface area contributed by atoms with Gasteiger partial charge in [0, 0.05) is 11.5 Å². The van der Waals surface area contributed by atoms with E-state index >= 15 is 0 Å². The molecule has 0 aromatic heterocycles. The van der Waals surface area contributed by atoms with Gasteiger partial charge in [-0.3, -0.25) is 0 Å². The van der Waals surface area contributed by atoms with Crippen molar-refractivity contribution in [1.29, 1.82) is 0 Å². The third-order valence-corrected chi connectivity index (χ3v) is 4.84. The Morgan fingerprint density at radius 2 is 1.71 bits per heavy atom. The highest BCUT2D eigenvalue weighted by atomic mass is 16.5. The number of hydrogen-bond donors (Lipinski definition) is 0. The SMILES string of the molecule is C=CC(=O)OCC1(CCCC(C)C)CCCCCCCC1. The lowest BCUT2D eigenvalue weighted by Crippen LogP contribution is -2.28. The molecule has 1 saturated carbocycles. The van der Waals surface area contributed by atoms with Crippen LogP contribution in [0.2, 0.25) is 0 Å². The molecule has 122 valence electrons. The van der Waals surface area contributed by atoms with Crippen molar-refractivity contribution in [3.63, 3.8) is 0 Å². The second-order valence-corrected chi connectivity index (χ2v) is 7.22. The van der Waals surface area contributed by atoms with Gasteiger partial charge in [-0.15, -0.1) is 0 Å². The van der Waals surface area contributed by atoms with Gasteiger partial charge in [0.15, 0.2) is 0 Å². The van der Waals surface area contributed by atoms with Gasteiger partial charge in [0.2, 0.25) is 0 Å². The first-order chi connectivity index (χ1) is 10.1. The monoisotopic (exact) mass is 294 g/mol. The number of esters is 1. The molecule has 0 spiro atoms. The van der Waals surface area contributed by atoms with E-state index in [-0.39, 0.29) is 11.4 Å². The summed E-state index contributed by atoms with van der Waals surface area (Å²) >= 11 is 0. The van der Waals surface area contributed by atoms with Gasteiger partial charge in [-0.2, -0.15) is 0 Å². The molecule has 0 unspecified atom stereocenters. The summed E-state index contributed by atoms with van der Waals surface area (Å²) in [4.78, 5) is 11.5. The maximum atomic E-state index is 11.5. The molecule has 21 heavy (non-hydrogen) atoms. The summed E-state index contributed by atoms with van der Waals surface area (Å²) in [7, 11) is 0. The average Bonchev–Trinajstić information content (AvgIpc) is 2.57. The number of ether oxygens (including phenoxy) is 1. The Kier molecular flexibility index (Phi) is 8.72. The van der Waals surface area contributed by atoms with Crippen LogP contribution < -0.4 is 0 Å². The molecular formula is C19H34O2. The third kappa shape index (κ3) is 7.68. The largest absolute Gasteiger partial charge is 0.462 e. The molecule has 0 aromatic carbocycles. The zero-order valence-corrected chi connectivity index (χ0v) is 14.2. The Balaban J connectivity index is 2.63. The molecule has 0 radical (unpaired) electrons. The van der Waals surface area contributed by atoms with Gasteiger partial charge in [0.25, 0.3) is 0 Å². The number of carbonyl (C=O) groups is 1. The highest BCUT2D eigenvalue weighted by Crippen LogP contribution is 2.39. The first-order valence-electron chi connectivity index (χ1n) is 8.87. The molecule has 0 amide bonds. The van der Waals surface area contributed by atoms with E-state index in [1.807, 2.05) is 0 Å². The van der Waals surface area contributed by atoms with Gasteiger partial charge in [0.05, 0.1) is 6.61 Å². The van der Waals surface area contributed by atoms with E-state index in [4.69, 9.17) is 4.74 Å². The average molecular weight is 294 g/mol. The Labute approximate surface area is 131 Å². The van der Waals surface area contributed by atoms with E-state index in [0.717, 1.165) is 5.92 Å². The predicted octanol–water partition coefficient (Wildman–Crippen LogP) is 5.66. The zero-order chi connectivity index (χ0) is 15.6. The molecule has 0 heterocycles. The molecule has 2 nitrogen and oxygen atoms in total. The molecule has 0 bridgehead atoms. The van der Waals surface area contributed by atoms with E-state index in [1.165, 1.54) is 76.7 Å². The van der Waals surface area contributed by atoms with Crippen molar-refractivity contribution in [3.8, 4) is 0 Å². The topological polar surface area (TPSA) is 26.3 Å². The minimum atomic E-state index is -0.266.